The molecule has 0 aliphatic carbocycles. The molecule has 88 valence electrons. The molecule has 1 aromatic carbocycles. The Balaban J connectivity index is 2.21. The molecule has 1 aromatic heterocycles. The summed E-state index contributed by atoms with van der Waals surface area (Å²) in [6.45, 7) is 4.42. The van der Waals surface area contributed by atoms with Gasteiger partial charge in [-0.15, -0.1) is 0 Å². The fourth-order valence-corrected chi connectivity index (χ4v) is 1.64. The van der Waals surface area contributed by atoms with Crippen molar-refractivity contribution in [3.63, 3.8) is 0 Å². The maximum atomic E-state index is 11.9. The Morgan fingerprint density at radius 2 is 2.18 bits per heavy atom. The second-order valence-corrected chi connectivity index (χ2v) is 4.37. The average molecular weight is 228 g/mol. The lowest BCUT2D eigenvalue weighted by Gasteiger charge is -2.07. The monoisotopic (exact) mass is 228 g/mol. The summed E-state index contributed by atoms with van der Waals surface area (Å²) in [6.07, 6.45) is 1.74. The topological polar surface area (TPSA) is 42.0 Å². The Labute approximate surface area is 101 Å². The van der Waals surface area contributed by atoms with Crippen LogP contribution < -0.4 is 5.32 Å². The van der Waals surface area contributed by atoms with Crippen molar-refractivity contribution in [3.05, 3.63) is 42.1 Å². The molecule has 1 N–H and O–H groups in total. The number of carbonyl (C=O) groups is 1. The number of fused-ring (bicyclic) bond motifs is 1. The first kappa shape index (κ1) is 11.7. The van der Waals surface area contributed by atoms with E-state index in [4.69, 9.17) is 0 Å². The fraction of sp³-hybridized carbons (Fsp3) is 0.286. The lowest BCUT2D eigenvalue weighted by Crippen LogP contribution is -2.29. The molecule has 0 unspecified atom stereocenters. The van der Waals surface area contributed by atoms with Crippen LogP contribution in [0.5, 0.6) is 0 Å². The Kier molecular flexibility index (Phi) is 3.49. The predicted molar refractivity (Wildman–Crippen MR) is 69.2 cm³/mol. The average Bonchev–Trinajstić information content (AvgIpc) is 2.35. The van der Waals surface area contributed by atoms with Crippen molar-refractivity contribution in [2.75, 3.05) is 6.54 Å². The highest BCUT2D eigenvalue weighted by Crippen LogP contribution is 2.13. The van der Waals surface area contributed by atoms with Crippen LogP contribution in [0.25, 0.3) is 10.9 Å². The van der Waals surface area contributed by atoms with Crippen LogP contribution in [-0.4, -0.2) is 23.4 Å². The quantitative estimate of drug-likeness (QED) is 0.817. The van der Waals surface area contributed by atoms with Gasteiger partial charge in [0.2, 0.25) is 0 Å². The van der Waals surface area contributed by atoms with Gasteiger partial charge in [-0.25, -0.2) is 0 Å². The minimum Gasteiger partial charge on any atom is -0.307 e. The largest absolute Gasteiger partial charge is 0.307 e. The molecule has 0 aliphatic rings. The van der Waals surface area contributed by atoms with Crippen molar-refractivity contribution in [1.29, 1.82) is 0 Å². The Hall–Kier alpha value is -1.74. The van der Waals surface area contributed by atoms with Crippen LogP contribution in [0.4, 0.5) is 0 Å². The van der Waals surface area contributed by atoms with Gasteiger partial charge in [0.25, 0.3) is 0 Å². The van der Waals surface area contributed by atoms with E-state index in [1.54, 1.807) is 6.20 Å². The van der Waals surface area contributed by atoms with Crippen molar-refractivity contribution >= 4 is 16.7 Å². The van der Waals surface area contributed by atoms with E-state index in [1.807, 2.05) is 44.2 Å². The zero-order chi connectivity index (χ0) is 12.3. The van der Waals surface area contributed by atoms with Gasteiger partial charge in [0.05, 0.1) is 12.1 Å². The number of rotatable bonds is 4. The van der Waals surface area contributed by atoms with E-state index in [-0.39, 0.29) is 5.78 Å². The third-order valence-corrected chi connectivity index (χ3v) is 2.60. The summed E-state index contributed by atoms with van der Waals surface area (Å²) in [5.41, 5.74) is 1.58. The van der Waals surface area contributed by atoms with Crippen LogP contribution in [-0.2, 0) is 0 Å². The first-order valence-electron chi connectivity index (χ1n) is 5.78. The molecule has 2 rings (SSSR count). The normalized spacial score (nSPS) is 11.0. The number of pyridine rings is 1. The summed E-state index contributed by atoms with van der Waals surface area (Å²) in [4.78, 5) is 16.1. The fourth-order valence-electron chi connectivity index (χ4n) is 1.64. The van der Waals surface area contributed by atoms with Crippen LogP contribution >= 0.6 is 0 Å². The number of hydrogen-bond donors (Lipinski definition) is 1. The third kappa shape index (κ3) is 2.88. The number of hydrogen-bond acceptors (Lipinski definition) is 3. The minimum absolute atomic E-state index is 0.103. The van der Waals surface area contributed by atoms with Crippen molar-refractivity contribution in [1.82, 2.24) is 10.3 Å². The molecule has 0 fully saturated rings. The molecule has 17 heavy (non-hydrogen) atoms. The van der Waals surface area contributed by atoms with Gasteiger partial charge in [0.1, 0.15) is 0 Å². The lowest BCUT2D eigenvalue weighted by atomic mass is 10.1. The second-order valence-electron chi connectivity index (χ2n) is 4.37. The first-order chi connectivity index (χ1) is 8.16. The number of nitrogens with zero attached hydrogens (tertiary/aromatic N) is 1. The van der Waals surface area contributed by atoms with Crippen LogP contribution in [0.15, 0.2) is 36.5 Å². The van der Waals surface area contributed by atoms with Crippen LogP contribution in [0.3, 0.4) is 0 Å². The summed E-state index contributed by atoms with van der Waals surface area (Å²) in [5.74, 6) is 0.103. The van der Waals surface area contributed by atoms with E-state index in [2.05, 4.69) is 10.3 Å². The van der Waals surface area contributed by atoms with Gasteiger partial charge in [0.15, 0.2) is 5.78 Å². The molecule has 0 aliphatic heterocycles. The van der Waals surface area contributed by atoms with E-state index in [9.17, 15) is 4.79 Å². The molecular formula is C14H16N2O. The molecular weight excluding hydrogens is 212 g/mol. The van der Waals surface area contributed by atoms with Crippen molar-refractivity contribution < 1.29 is 4.79 Å². The van der Waals surface area contributed by atoms with Gasteiger partial charge in [0, 0.05) is 23.2 Å². The molecule has 0 bridgehead atoms. The standard InChI is InChI=1S/C14H16N2O/c1-10(2)16-9-14(17)12-6-5-11-4-3-7-15-13(11)8-12/h3-8,10,16H,9H2,1-2H3. The minimum atomic E-state index is 0.103. The highest BCUT2D eigenvalue weighted by atomic mass is 16.1. The summed E-state index contributed by atoms with van der Waals surface area (Å²) in [7, 11) is 0. The summed E-state index contributed by atoms with van der Waals surface area (Å²) >= 11 is 0. The van der Waals surface area contributed by atoms with E-state index >= 15 is 0 Å². The smallest absolute Gasteiger partial charge is 0.176 e. The van der Waals surface area contributed by atoms with E-state index in [0.717, 1.165) is 10.9 Å². The molecule has 0 atom stereocenters. The summed E-state index contributed by atoms with van der Waals surface area (Å²) < 4.78 is 0. The molecule has 2 aromatic rings. The molecule has 0 saturated carbocycles. The van der Waals surface area contributed by atoms with Crippen molar-refractivity contribution in [2.45, 2.75) is 19.9 Å². The van der Waals surface area contributed by atoms with Gasteiger partial charge in [-0.1, -0.05) is 32.0 Å². The first-order valence-corrected chi connectivity index (χ1v) is 5.78. The van der Waals surface area contributed by atoms with Crippen LogP contribution in [0.2, 0.25) is 0 Å². The number of ketones is 1. The SMILES string of the molecule is CC(C)NCC(=O)c1ccc2cccnc2c1. The van der Waals surface area contributed by atoms with Gasteiger partial charge in [-0.3, -0.25) is 9.78 Å². The highest BCUT2D eigenvalue weighted by Gasteiger charge is 2.07. The maximum Gasteiger partial charge on any atom is 0.176 e. The molecule has 0 spiro atoms. The van der Waals surface area contributed by atoms with E-state index in [0.29, 0.717) is 18.2 Å². The van der Waals surface area contributed by atoms with Crippen molar-refractivity contribution in [2.24, 2.45) is 0 Å². The maximum absolute atomic E-state index is 11.9. The zero-order valence-corrected chi connectivity index (χ0v) is 10.1. The van der Waals surface area contributed by atoms with Gasteiger partial charge in [-0.05, 0) is 12.1 Å². The molecule has 1 heterocycles. The lowest BCUT2D eigenvalue weighted by molar-refractivity contribution is 0.0988. The Morgan fingerprint density at radius 3 is 2.94 bits per heavy atom. The number of nitrogens with one attached hydrogen (secondary N) is 1. The Bertz CT molecular complexity index is 534. The van der Waals surface area contributed by atoms with E-state index < -0.39 is 0 Å². The summed E-state index contributed by atoms with van der Waals surface area (Å²) in [5, 5.41) is 4.18. The van der Waals surface area contributed by atoms with Gasteiger partial charge in [-0.2, -0.15) is 0 Å². The molecule has 0 saturated heterocycles. The third-order valence-electron chi connectivity index (χ3n) is 2.60. The number of benzene rings is 1. The number of aromatic nitrogens is 1. The predicted octanol–water partition coefficient (Wildman–Crippen LogP) is 2.42. The zero-order valence-electron chi connectivity index (χ0n) is 10.1. The van der Waals surface area contributed by atoms with E-state index in [1.165, 1.54) is 0 Å². The van der Waals surface area contributed by atoms with Crippen LogP contribution in [0.1, 0.15) is 24.2 Å². The molecule has 0 amide bonds. The number of Topliss-reactive ketones (excluding diaryl/α,β-unsaturated/α-hetero) is 1. The van der Waals surface area contributed by atoms with Crippen molar-refractivity contribution in [3.8, 4) is 0 Å². The summed E-state index contributed by atoms with van der Waals surface area (Å²) in [6, 6.07) is 9.84. The van der Waals surface area contributed by atoms with Gasteiger partial charge < -0.3 is 5.32 Å². The van der Waals surface area contributed by atoms with Gasteiger partial charge >= 0.3 is 0 Å². The second kappa shape index (κ2) is 5.06. The van der Waals surface area contributed by atoms with Crippen LogP contribution in [0, 0.1) is 0 Å². The highest BCUT2D eigenvalue weighted by molar-refractivity contribution is 6.00. The molecule has 3 nitrogen and oxygen atoms in total. The Morgan fingerprint density at radius 1 is 1.35 bits per heavy atom. The number of carbonyl (C=O) groups excluding carboxylic acids is 1. The molecule has 3 heteroatoms. The molecule has 0 radical (unpaired) electrons.